The molecule has 6 heteroatoms. The van der Waals surface area contributed by atoms with E-state index >= 15 is 0 Å². The van der Waals surface area contributed by atoms with E-state index in [4.69, 9.17) is 9.47 Å². The van der Waals surface area contributed by atoms with E-state index in [0.717, 1.165) is 10.5 Å². The maximum atomic E-state index is 12.3. The van der Waals surface area contributed by atoms with Crippen molar-refractivity contribution in [1.82, 2.24) is 0 Å². The van der Waals surface area contributed by atoms with Crippen LogP contribution in [0.3, 0.4) is 0 Å². The van der Waals surface area contributed by atoms with Crippen LogP contribution in [0.15, 0.2) is 29.2 Å². The Morgan fingerprint density at radius 1 is 1.38 bits per heavy atom. The van der Waals surface area contributed by atoms with Gasteiger partial charge >= 0.3 is 5.97 Å². The fourth-order valence-corrected chi connectivity index (χ4v) is 3.24. The molecular formula is C15H20O5S. The molecule has 5 nitrogen and oxygen atoms in total. The Balaban J connectivity index is 1.92. The summed E-state index contributed by atoms with van der Waals surface area (Å²) in [6, 6.07) is 7.13. The smallest absolute Gasteiger partial charge is 0.309 e. The van der Waals surface area contributed by atoms with Crippen molar-refractivity contribution in [2.75, 3.05) is 19.5 Å². The van der Waals surface area contributed by atoms with Gasteiger partial charge < -0.3 is 14.2 Å². The summed E-state index contributed by atoms with van der Waals surface area (Å²) in [4.78, 5) is 11.9. The first-order chi connectivity index (χ1) is 9.89. The highest BCUT2D eigenvalue weighted by Crippen LogP contribution is 2.23. The summed E-state index contributed by atoms with van der Waals surface area (Å²) in [6.45, 7) is 4.15. The summed E-state index contributed by atoms with van der Waals surface area (Å²) < 4.78 is 28.0. The molecule has 1 fully saturated rings. The quantitative estimate of drug-likeness (QED) is 0.774. The van der Waals surface area contributed by atoms with Crippen LogP contribution in [-0.4, -0.2) is 41.5 Å². The molecule has 116 valence electrons. The number of ether oxygens (including phenoxy) is 3. The third kappa shape index (κ3) is 4.62. The lowest BCUT2D eigenvalue weighted by Gasteiger charge is -2.16. The molecule has 1 saturated heterocycles. The average Bonchev–Trinajstić information content (AvgIpc) is 2.78. The normalized spacial score (nSPS) is 22.0. The van der Waals surface area contributed by atoms with E-state index in [2.05, 4.69) is 4.74 Å². The number of methoxy groups -OCH3 is 1. The van der Waals surface area contributed by atoms with Crippen molar-refractivity contribution in [1.29, 1.82) is 0 Å². The molecule has 0 saturated carbocycles. The van der Waals surface area contributed by atoms with Crippen molar-refractivity contribution in [3.05, 3.63) is 29.8 Å². The van der Waals surface area contributed by atoms with Gasteiger partial charge in [0.25, 0.3) is 0 Å². The number of carbonyl (C=O) groups is 1. The molecule has 1 aromatic rings. The number of esters is 1. The minimum absolute atomic E-state index is 0.157. The minimum Gasteiger partial charge on any atom is -0.469 e. The third-order valence-electron chi connectivity index (χ3n) is 3.17. The topological polar surface area (TPSA) is 61.8 Å². The molecule has 0 amide bonds. The van der Waals surface area contributed by atoms with Crippen LogP contribution in [0.4, 0.5) is 0 Å². The maximum absolute atomic E-state index is 12.3. The molecule has 1 aliphatic rings. The lowest BCUT2D eigenvalue weighted by molar-refractivity contribution is -0.139. The molecule has 0 spiro atoms. The van der Waals surface area contributed by atoms with Crippen LogP contribution in [-0.2, 0) is 36.2 Å². The predicted octanol–water partition coefficient (Wildman–Crippen LogP) is 1.66. The van der Waals surface area contributed by atoms with Gasteiger partial charge in [0, 0.05) is 4.90 Å². The minimum atomic E-state index is -1.15. The lowest BCUT2D eigenvalue weighted by Crippen LogP contribution is -2.24. The maximum Gasteiger partial charge on any atom is 0.309 e. The van der Waals surface area contributed by atoms with Crippen molar-refractivity contribution < 1.29 is 23.2 Å². The van der Waals surface area contributed by atoms with E-state index in [1.807, 2.05) is 13.8 Å². The standard InChI is InChI=1S/C15H20O5S/c1-15(2)19-9-12(20-15)10-21(17)13-6-4-11(5-7-13)8-14(16)18-3/h4-7,12H,8-10H2,1-3H3. The van der Waals surface area contributed by atoms with Crippen LogP contribution in [0, 0.1) is 0 Å². The van der Waals surface area contributed by atoms with Gasteiger partial charge in [0.2, 0.25) is 0 Å². The van der Waals surface area contributed by atoms with Crippen molar-refractivity contribution in [3.8, 4) is 0 Å². The molecule has 1 heterocycles. The van der Waals surface area contributed by atoms with Gasteiger partial charge in [0.15, 0.2) is 5.79 Å². The molecule has 1 aromatic carbocycles. The van der Waals surface area contributed by atoms with Crippen molar-refractivity contribution >= 4 is 16.8 Å². The van der Waals surface area contributed by atoms with Crippen LogP contribution in [0.25, 0.3) is 0 Å². The molecule has 21 heavy (non-hydrogen) atoms. The Morgan fingerprint density at radius 3 is 2.57 bits per heavy atom. The van der Waals surface area contributed by atoms with E-state index < -0.39 is 16.6 Å². The van der Waals surface area contributed by atoms with Gasteiger partial charge in [0.05, 0.1) is 42.8 Å². The first-order valence-electron chi connectivity index (χ1n) is 6.75. The first-order valence-corrected chi connectivity index (χ1v) is 8.07. The fraction of sp³-hybridized carbons (Fsp3) is 0.533. The van der Waals surface area contributed by atoms with E-state index in [1.165, 1.54) is 7.11 Å². The summed E-state index contributed by atoms with van der Waals surface area (Å²) in [6.07, 6.45) is 0.0626. The van der Waals surface area contributed by atoms with Crippen LogP contribution in [0.5, 0.6) is 0 Å². The number of rotatable bonds is 5. The largest absolute Gasteiger partial charge is 0.469 e. The second-order valence-corrected chi connectivity index (χ2v) is 6.86. The Hall–Kier alpha value is -1.24. The Labute approximate surface area is 127 Å². The second-order valence-electron chi connectivity index (χ2n) is 5.36. The Morgan fingerprint density at radius 2 is 2.05 bits per heavy atom. The third-order valence-corrected chi connectivity index (χ3v) is 4.64. The number of hydrogen-bond donors (Lipinski definition) is 0. The van der Waals surface area contributed by atoms with Crippen LogP contribution < -0.4 is 0 Å². The molecule has 2 rings (SSSR count). The predicted molar refractivity (Wildman–Crippen MR) is 78.3 cm³/mol. The van der Waals surface area contributed by atoms with Crippen LogP contribution in [0.1, 0.15) is 19.4 Å². The van der Waals surface area contributed by atoms with Gasteiger partial charge in [-0.15, -0.1) is 0 Å². The summed E-state index contributed by atoms with van der Waals surface area (Å²) in [5.41, 5.74) is 0.837. The average molecular weight is 312 g/mol. The first kappa shape index (κ1) is 16.1. The summed E-state index contributed by atoms with van der Waals surface area (Å²) in [5, 5.41) is 0. The van der Waals surface area contributed by atoms with Crippen LogP contribution >= 0.6 is 0 Å². The van der Waals surface area contributed by atoms with Gasteiger partial charge in [-0.1, -0.05) is 12.1 Å². The van der Waals surface area contributed by atoms with E-state index in [9.17, 15) is 9.00 Å². The zero-order valence-corrected chi connectivity index (χ0v) is 13.3. The van der Waals surface area contributed by atoms with Crippen molar-refractivity contribution in [2.24, 2.45) is 0 Å². The molecular weight excluding hydrogens is 292 g/mol. The van der Waals surface area contributed by atoms with Gasteiger partial charge in [-0.25, -0.2) is 0 Å². The zero-order valence-electron chi connectivity index (χ0n) is 12.5. The Kier molecular flexibility index (Phi) is 5.13. The molecule has 2 unspecified atom stereocenters. The van der Waals surface area contributed by atoms with Crippen LogP contribution in [0.2, 0.25) is 0 Å². The van der Waals surface area contributed by atoms with E-state index in [0.29, 0.717) is 12.4 Å². The highest BCUT2D eigenvalue weighted by molar-refractivity contribution is 7.85. The fourth-order valence-electron chi connectivity index (χ4n) is 2.11. The van der Waals surface area contributed by atoms with Gasteiger partial charge in [-0.05, 0) is 31.5 Å². The van der Waals surface area contributed by atoms with E-state index in [1.54, 1.807) is 24.3 Å². The van der Waals surface area contributed by atoms with E-state index in [-0.39, 0.29) is 18.5 Å². The molecule has 1 aliphatic heterocycles. The Bertz CT molecular complexity index is 523. The highest BCUT2D eigenvalue weighted by atomic mass is 32.2. The SMILES string of the molecule is COC(=O)Cc1ccc(S(=O)CC2COC(C)(C)O2)cc1. The van der Waals surface area contributed by atoms with Crippen molar-refractivity contribution in [3.63, 3.8) is 0 Å². The zero-order chi connectivity index (χ0) is 15.5. The van der Waals surface area contributed by atoms with Gasteiger partial charge in [-0.3, -0.25) is 9.00 Å². The molecule has 0 radical (unpaired) electrons. The van der Waals surface area contributed by atoms with Crippen molar-refractivity contribution in [2.45, 2.75) is 37.1 Å². The molecule has 0 N–H and O–H groups in total. The molecule has 2 atom stereocenters. The number of hydrogen-bond acceptors (Lipinski definition) is 5. The van der Waals surface area contributed by atoms with Gasteiger partial charge in [-0.2, -0.15) is 0 Å². The number of carbonyl (C=O) groups excluding carboxylic acids is 1. The second kappa shape index (κ2) is 6.68. The molecule has 0 aromatic heterocycles. The highest BCUT2D eigenvalue weighted by Gasteiger charge is 2.33. The summed E-state index contributed by atoms with van der Waals surface area (Å²) in [7, 11) is 0.208. The monoisotopic (exact) mass is 312 g/mol. The lowest BCUT2D eigenvalue weighted by atomic mass is 10.2. The number of benzene rings is 1. The molecule has 0 bridgehead atoms. The van der Waals surface area contributed by atoms with Gasteiger partial charge in [0.1, 0.15) is 0 Å². The summed E-state index contributed by atoms with van der Waals surface area (Å²) in [5.74, 6) is -0.485. The summed E-state index contributed by atoms with van der Waals surface area (Å²) >= 11 is 0. The molecule has 0 aliphatic carbocycles.